The topological polar surface area (TPSA) is 15.3 Å². The van der Waals surface area contributed by atoms with E-state index in [1.165, 1.54) is 60.6 Å². The van der Waals surface area contributed by atoms with Crippen molar-refractivity contribution < 1.29 is 0 Å². The second kappa shape index (κ2) is 16.8. The number of unbranched alkanes of at least 4 members (excludes halogenated alkanes) is 1. The molecule has 0 aliphatic rings. The van der Waals surface area contributed by atoms with Crippen LogP contribution in [-0.2, 0) is 18.3 Å². The predicted octanol–water partition coefficient (Wildman–Crippen LogP) is 15.3. The van der Waals surface area contributed by atoms with Crippen molar-refractivity contribution >= 4 is 44.3 Å². The Hall–Kier alpha value is -6.38. The van der Waals surface area contributed by atoms with Crippen molar-refractivity contribution in [3.63, 3.8) is 0 Å². The number of hydrogen-bond donors (Lipinski definition) is 1. The summed E-state index contributed by atoms with van der Waals surface area (Å²) in [4.78, 5) is 2.40. The van der Waals surface area contributed by atoms with E-state index in [9.17, 15) is 0 Å². The lowest BCUT2D eigenvalue weighted by atomic mass is 9.86. The fourth-order valence-corrected chi connectivity index (χ4v) is 8.06. The van der Waals surface area contributed by atoms with E-state index in [0.29, 0.717) is 0 Å². The highest BCUT2D eigenvalue weighted by atomic mass is 15.1. The van der Waals surface area contributed by atoms with Crippen molar-refractivity contribution in [3.8, 4) is 11.1 Å². The number of fused-ring (bicyclic) bond motifs is 2. The molecule has 8 rings (SSSR count). The second-order valence-corrected chi connectivity index (χ2v) is 16.2. The van der Waals surface area contributed by atoms with Crippen LogP contribution in [0.2, 0.25) is 0 Å². The number of rotatable bonds is 13. The van der Waals surface area contributed by atoms with Crippen molar-refractivity contribution in [2.75, 3.05) is 10.2 Å². The van der Waals surface area contributed by atoms with E-state index in [4.69, 9.17) is 0 Å². The quantitative estimate of drug-likeness (QED) is 0.0935. The third kappa shape index (κ3) is 8.56. The Morgan fingerprint density at radius 1 is 0.579 bits per heavy atom. The number of anilines is 4. The van der Waals surface area contributed by atoms with E-state index in [0.717, 1.165) is 42.7 Å². The van der Waals surface area contributed by atoms with Crippen LogP contribution in [0.3, 0.4) is 0 Å². The Labute approximate surface area is 339 Å². The summed E-state index contributed by atoms with van der Waals surface area (Å²) < 4.78 is 0. The average Bonchev–Trinajstić information content (AvgIpc) is 3.24. The smallest absolute Gasteiger partial charge is 0.0560 e. The molecule has 0 fully saturated rings. The average molecular weight is 741 g/mol. The number of nitrogens with one attached hydrogen (secondary N) is 1. The van der Waals surface area contributed by atoms with E-state index in [1.807, 2.05) is 6.08 Å². The molecule has 1 unspecified atom stereocenters. The molecule has 0 saturated carbocycles. The van der Waals surface area contributed by atoms with Gasteiger partial charge in [-0.1, -0.05) is 166 Å². The summed E-state index contributed by atoms with van der Waals surface area (Å²) in [6.45, 7) is 10.7. The zero-order chi connectivity index (χ0) is 39.2. The van der Waals surface area contributed by atoms with Crippen molar-refractivity contribution in [3.05, 3.63) is 217 Å². The molecule has 0 spiro atoms. The van der Waals surface area contributed by atoms with Gasteiger partial charge in [0.15, 0.2) is 0 Å². The molecule has 0 aliphatic heterocycles. The van der Waals surface area contributed by atoms with Crippen molar-refractivity contribution in [1.29, 1.82) is 0 Å². The minimum absolute atomic E-state index is 0.0993. The Morgan fingerprint density at radius 3 is 1.89 bits per heavy atom. The highest BCUT2D eigenvalue weighted by molar-refractivity contribution is 5.99. The first kappa shape index (κ1) is 37.5. The van der Waals surface area contributed by atoms with Gasteiger partial charge in [-0.05, 0) is 123 Å². The van der Waals surface area contributed by atoms with Gasteiger partial charge in [-0.15, -0.1) is 6.58 Å². The minimum Gasteiger partial charge on any atom is -0.378 e. The Kier molecular flexibility index (Phi) is 11.0. The lowest BCUT2D eigenvalue weighted by molar-refractivity contribution is 0.590. The van der Waals surface area contributed by atoms with Gasteiger partial charge >= 0.3 is 0 Å². The molecule has 1 atom stereocenters. The van der Waals surface area contributed by atoms with E-state index >= 15 is 0 Å². The maximum absolute atomic E-state index is 3.94. The van der Waals surface area contributed by atoms with E-state index in [2.05, 4.69) is 220 Å². The monoisotopic (exact) mass is 740 g/mol. The second-order valence-electron chi connectivity index (χ2n) is 16.2. The van der Waals surface area contributed by atoms with Gasteiger partial charge in [-0.25, -0.2) is 0 Å². The summed E-state index contributed by atoms with van der Waals surface area (Å²) in [5.41, 5.74) is 12.4. The normalized spacial score (nSPS) is 12.1. The van der Waals surface area contributed by atoms with Crippen LogP contribution in [-0.4, -0.2) is 0 Å². The van der Waals surface area contributed by atoms with Crippen LogP contribution in [0.15, 0.2) is 195 Å². The Bertz CT molecular complexity index is 2580. The molecule has 57 heavy (non-hydrogen) atoms. The van der Waals surface area contributed by atoms with Gasteiger partial charge in [-0.2, -0.15) is 0 Å². The first-order valence-electron chi connectivity index (χ1n) is 20.4. The number of benzene rings is 8. The van der Waals surface area contributed by atoms with Gasteiger partial charge in [0.05, 0.1) is 11.7 Å². The van der Waals surface area contributed by atoms with E-state index in [1.54, 1.807) is 0 Å². The molecule has 8 aromatic rings. The number of hydrogen-bond acceptors (Lipinski definition) is 2. The number of allylic oxidation sites excluding steroid dienone is 1. The van der Waals surface area contributed by atoms with Crippen LogP contribution >= 0.6 is 0 Å². The molecule has 2 heteroatoms. The molecule has 0 heterocycles. The third-order valence-corrected chi connectivity index (χ3v) is 11.2. The molecule has 8 aromatic carbocycles. The summed E-state index contributed by atoms with van der Waals surface area (Å²) in [7, 11) is 0. The van der Waals surface area contributed by atoms with Crippen molar-refractivity contribution in [2.24, 2.45) is 0 Å². The molecular weight excluding hydrogens is 689 g/mol. The summed E-state index contributed by atoms with van der Waals surface area (Å²) >= 11 is 0. The zero-order valence-electron chi connectivity index (χ0n) is 33.5. The largest absolute Gasteiger partial charge is 0.378 e. The van der Waals surface area contributed by atoms with Crippen LogP contribution < -0.4 is 10.2 Å². The fourth-order valence-electron chi connectivity index (χ4n) is 8.06. The molecule has 0 aromatic heterocycles. The summed E-state index contributed by atoms with van der Waals surface area (Å²) in [6, 6.07) is 66.9. The fraction of sp³-hybridized carbons (Fsp3) is 0.164. The first-order chi connectivity index (χ1) is 27.8. The van der Waals surface area contributed by atoms with E-state index < -0.39 is 0 Å². The van der Waals surface area contributed by atoms with Gasteiger partial charge in [0.25, 0.3) is 0 Å². The molecule has 282 valence electrons. The van der Waals surface area contributed by atoms with Crippen molar-refractivity contribution in [1.82, 2.24) is 0 Å². The standard InChI is InChI=1S/C55H52N2/c1-5-6-7-15-40-16-12-21-49(38-40)57(54-25-14-20-45-18-9-11-23-51(45)54)48-36-30-43(31-37-48)42-28-34-47(35-29-42)56-53(39-41-26-32-46(33-27-41)55(2,3)4)52-24-13-19-44-17-8-10-22-50(44)52/h5,8-14,16-38,53,56H,1,6-7,15,39H2,2-4H3. The van der Waals surface area contributed by atoms with Crippen LogP contribution in [0.4, 0.5) is 22.7 Å². The van der Waals surface area contributed by atoms with Gasteiger partial charge in [0, 0.05) is 22.4 Å². The minimum atomic E-state index is 0.0993. The lowest BCUT2D eigenvalue weighted by Crippen LogP contribution is -2.15. The molecule has 1 N–H and O–H groups in total. The van der Waals surface area contributed by atoms with Gasteiger partial charge in [0.2, 0.25) is 0 Å². The SMILES string of the molecule is C=CCCCc1cccc(N(c2ccc(-c3ccc(NC(Cc4ccc(C(C)(C)C)cc4)c4cccc5ccccc45)cc3)cc2)c2cccc3ccccc23)c1. The summed E-state index contributed by atoms with van der Waals surface area (Å²) in [6.07, 6.45) is 6.04. The maximum Gasteiger partial charge on any atom is 0.0560 e. The lowest BCUT2D eigenvalue weighted by Gasteiger charge is -2.27. The number of nitrogens with zero attached hydrogens (tertiary/aromatic N) is 1. The third-order valence-electron chi connectivity index (χ3n) is 11.2. The molecule has 0 saturated heterocycles. The molecule has 0 radical (unpaired) electrons. The van der Waals surface area contributed by atoms with Gasteiger partial charge < -0.3 is 10.2 Å². The van der Waals surface area contributed by atoms with Crippen LogP contribution in [0, 0.1) is 0 Å². The molecule has 0 amide bonds. The predicted molar refractivity (Wildman–Crippen MR) is 246 cm³/mol. The first-order valence-corrected chi connectivity index (χ1v) is 20.4. The Balaban J connectivity index is 1.08. The van der Waals surface area contributed by atoms with Crippen LogP contribution in [0.1, 0.15) is 61.9 Å². The molecular formula is C55H52N2. The van der Waals surface area contributed by atoms with Gasteiger partial charge in [-0.3, -0.25) is 0 Å². The van der Waals surface area contributed by atoms with Crippen molar-refractivity contribution in [2.45, 2.75) is 57.9 Å². The van der Waals surface area contributed by atoms with E-state index in [-0.39, 0.29) is 11.5 Å². The molecule has 2 nitrogen and oxygen atoms in total. The number of aryl methyl sites for hydroxylation is 1. The zero-order valence-corrected chi connectivity index (χ0v) is 33.5. The Morgan fingerprint density at radius 2 is 1.19 bits per heavy atom. The molecule has 0 aliphatic carbocycles. The summed E-state index contributed by atoms with van der Waals surface area (Å²) in [5.74, 6) is 0. The molecule has 0 bridgehead atoms. The van der Waals surface area contributed by atoms with Crippen LogP contribution in [0.25, 0.3) is 32.7 Å². The van der Waals surface area contributed by atoms with Gasteiger partial charge in [0.1, 0.15) is 0 Å². The highest BCUT2D eigenvalue weighted by Gasteiger charge is 2.19. The highest BCUT2D eigenvalue weighted by Crippen LogP contribution is 2.40. The summed E-state index contributed by atoms with van der Waals surface area (Å²) in [5, 5.41) is 8.96. The maximum atomic E-state index is 3.94. The van der Waals surface area contributed by atoms with Crippen LogP contribution in [0.5, 0.6) is 0 Å².